The van der Waals surface area contributed by atoms with Gasteiger partial charge in [-0.2, -0.15) is 18.3 Å². The van der Waals surface area contributed by atoms with Gasteiger partial charge in [0.15, 0.2) is 11.3 Å². The van der Waals surface area contributed by atoms with Crippen molar-refractivity contribution in [2.75, 3.05) is 0 Å². The molecule has 0 unspecified atom stereocenters. The van der Waals surface area contributed by atoms with Crippen LogP contribution in [0.15, 0.2) is 24.3 Å². The predicted molar refractivity (Wildman–Crippen MR) is 89.3 cm³/mol. The highest BCUT2D eigenvalue weighted by Crippen LogP contribution is 2.30. The number of aryl methyl sites for hydroxylation is 2. The zero-order chi connectivity index (χ0) is 20.1. The molecule has 3 aromatic rings. The van der Waals surface area contributed by atoms with E-state index >= 15 is 0 Å². The summed E-state index contributed by atoms with van der Waals surface area (Å²) in [7, 11) is 0. The molecule has 0 amide bonds. The van der Waals surface area contributed by atoms with E-state index in [4.69, 9.17) is 16.7 Å². The Balaban J connectivity index is 2.19. The minimum absolute atomic E-state index is 0.00196. The first-order chi connectivity index (χ1) is 12.5. The average Bonchev–Trinajstić information content (AvgIpc) is 2.91. The number of carbonyl (C=O) groups is 2. The van der Waals surface area contributed by atoms with Gasteiger partial charge in [0.25, 0.3) is 0 Å². The number of alkyl halides is 3. The van der Waals surface area contributed by atoms with E-state index in [1.807, 2.05) is 0 Å². The smallest absolute Gasteiger partial charge is 0.435 e. The first-order valence-corrected chi connectivity index (χ1v) is 7.90. The van der Waals surface area contributed by atoms with E-state index in [1.165, 1.54) is 26.0 Å². The number of fused-ring (bicyclic) bond motifs is 1. The number of hydrogen-bond acceptors (Lipinski definition) is 4. The van der Waals surface area contributed by atoms with Gasteiger partial charge in [0.2, 0.25) is 5.78 Å². The summed E-state index contributed by atoms with van der Waals surface area (Å²) in [5.74, 6) is -1.96. The molecule has 27 heavy (non-hydrogen) atoms. The fourth-order valence-electron chi connectivity index (χ4n) is 2.59. The molecule has 0 saturated heterocycles. The summed E-state index contributed by atoms with van der Waals surface area (Å²) in [6.07, 6.45) is -4.65. The molecule has 3 rings (SSSR count). The maximum atomic E-state index is 13.0. The number of carbonyl (C=O) groups excluding carboxylic acids is 1. The van der Waals surface area contributed by atoms with Crippen molar-refractivity contribution >= 4 is 29.0 Å². The van der Waals surface area contributed by atoms with Gasteiger partial charge in [0, 0.05) is 5.56 Å². The average molecular weight is 398 g/mol. The minimum Gasteiger partial charge on any atom is -0.478 e. The normalized spacial score (nSPS) is 11.8. The van der Waals surface area contributed by atoms with E-state index in [1.54, 1.807) is 0 Å². The lowest BCUT2D eigenvalue weighted by Gasteiger charge is -2.08. The van der Waals surface area contributed by atoms with Crippen LogP contribution in [-0.4, -0.2) is 31.5 Å². The monoisotopic (exact) mass is 397 g/mol. The molecule has 10 heteroatoms. The summed E-state index contributed by atoms with van der Waals surface area (Å²) in [5.41, 5.74) is -1.18. The molecule has 0 radical (unpaired) electrons. The van der Waals surface area contributed by atoms with Crippen molar-refractivity contribution in [3.63, 3.8) is 0 Å². The number of aromatic nitrogens is 3. The molecule has 0 aliphatic rings. The Kier molecular flexibility index (Phi) is 4.43. The van der Waals surface area contributed by atoms with Crippen molar-refractivity contribution in [1.82, 2.24) is 14.6 Å². The molecule has 0 fully saturated rings. The van der Waals surface area contributed by atoms with Gasteiger partial charge >= 0.3 is 12.1 Å². The van der Waals surface area contributed by atoms with Crippen LogP contribution in [-0.2, 0) is 6.18 Å². The molecule has 0 aliphatic carbocycles. The molecule has 1 aromatic carbocycles. The van der Waals surface area contributed by atoms with Gasteiger partial charge in [-0.1, -0.05) is 11.6 Å². The number of ketones is 1. The van der Waals surface area contributed by atoms with Crippen molar-refractivity contribution in [2.45, 2.75) is 20.0 Å². The van der Waals surface area contributed by atoms with Crippen molar-refractivity contribution in [3.05, 3.63) is 63.1 Å². The molecule has 140 valence electrons. The van der Waals surface area contributed by atoms with Crippen LogP contribution in [0.2, 0.25) is 5.02 Å². The van der Waals surface area contributed by atoms with Gasteiger partial charge in [0.05, 0.1) is 16.3 Å². The summed E-state index contributed by atoms with van der Waals surface area (Å²) in [6.45, 7) is 2.82. The Bertz CT molecular complexity index is 1110. The van der Waals surface area contributed by atoms with Gasteiger partial charge in [-0.25, -0.2) is 14.3 Å². The number of halogens is 4. The third kappa shape index (κ3) is 3.25. The summed E-state index contributed by atoms with van der Waals surface area (Å²) in [5, 5.41) is 12.6. The SMILES string of the molecule is Cc1cc(C(F)(F)F)nn2c(C)c(C(=O)c3cc(C(=O)O)ccc3Cl)nc12. The number of carboxylic acids is 1. The first-order valence-electron chi connectivity index (χ1n) is 7.52. The molecule has 0 spiro atoms. The second-order valence-corrected chi connectivity index (χ2v) is 6.23. The van der Waals surface area contributed by atoms with Crippen LogP contribution < -0.4 is 0 Å². The van der Waals surface area contributed by atoms with Crippen molar-refractivity contribution in [1.29, 1.82) is 0 Å². The first kappa shape index (κ1) is 18.8. The van der Waals surface area contributed by atoms with Crippen LogP contribution in [0.4, 0.5) is 13.2 Å². The lowest BCUT2D eigenvalue weighted by molar-refractivity contribution is -0.141. The molecule has 2 aromatic heterocycles. The summed E-state index contributed by atoms with van der Waals surface area (Å²) in [6, 6.07) is 4.43. The molecule has 0 bridgehead atoms. The Morgan fingerprint density at radius 3 is 2.44 bits per heavy atom. The molecular formula is C17H11ClF3N3O3. The number of hydrogen-bond donors (Lipinski definition) is 1. The fraction of sp³-hybridized carbons (Fsp3) is 0.176. The Hall–Kier alpha value is -2.94. The number of nitrogens with zero attached hydrogens (tertiary/aromatic N) is 3. The van der Waals surface area contributed by atoms with Crippen molar-refractivity contribution in [2.24, 2.45) is 0 Å². The van der Waals surface area contributed by atoms with Crippen LogP contribution in [0.1, 0.15) is 43.4 Å². The van der Waals surface area contributed by atoms with E-state index in [0.29, 0.717) is 0 Å². The molecule has 6 nitrogen and oxygen atoms in total. The zero-order valence-corrected chi connectivity index (χ0v) is 14.7. The lowest BCUT2D eigenvalue weighted by Crippen LogP contribution is -2.12. The van der Waals surface area contributed by atoms with Crippen molar-refractivity contribution < 1.29 is 27.9 Å². The number of rotatable bonds is 3. The van der Waals surface area contributed by atoms with E-state index in [0.717, 1.165) is 16.6 Å². The lowest BCUT2D eigenvalue weighted by atomic mass is 10.0. The van der Waals surface area contributed by atoms with Gasteiger partial charge in [-0.05, 0) is 43.7 Å². The number of carboxylic acid groups (broad SMARTS) is 1. The third-order valence-electron chi connectivity index (χ3n) is 3.96. The Morgan fingerprint density at radius 2 is 1.85 bits per heavy atom. The topological polar surface area (TPSA) is 84.6 Å². The summed E-state index contributed by atoms with van der Waals surface area (Å²) in [4.78, 5) is 28.0. The summed E-state index contributed by atoms with van der Waals surface area (Å²) >= 11 is 6.00. The fourth-order valence-corrected chi connectivity index (χ4v) is 2.79. The standard InChI is InChI=1S/C17H11ClF3N3O3/c1-7-5-12(17(19,20)21)23-24-8(2)13(22-15(7)24)14(25)10-6-9(16(26)27)3-4-11(10)18/h3-6H,1-2H3,(H,26,27). The highest BCUT2D eigenvalue weighted by atomic mass is 35.5. The molecule has 1 N–H and O–H groups in total. The van der Waals surface area contributed by atoms with Gasteiger partial charge in [0.1, 0.15) is 5.69 Å². The molecule has 2 heterocycles. The number of imidazole rings is 1. The number of aromatic carboxylic acids is 1. The van der Waals surface area contributed by atoms with E-state index < -0.39 is 23.6 Å². The van der Waals surface area contributed by atoms with Crippen LogP contribution >= 0.6 is 11.6 Å². The predicted octanol–water partition coefficient (Wildman–Crippen LogP) is 3.95. The molecule has 0 saturated carbocycles. The van der Waals surface area contributed by atoms with E-state index in [2.05, 4.69) is 10.1 Å². The van der Waals surface area contributed by atoms with Gasteiger partial charge in [-0.3, -0.25) is 4.79 Å². The highest BCUT2D eigenvalue weighted by molar-refractivity contribution is 6.35. The van der Waals surface area contributed by atoms with Crippen LogP contribution in [0.5, 0.6) is 0 Å². The molecule has 0 atom stereocenters. The van der Waals surface area contributed by atoms with Crippen LogP contribution in [0.25, 0.3) is 5.65 Å². The van der Waals surface area contributed by atoms with Gasteiger partial charge < -0.3 is 5.11 Å². The second kappa shape index (κ2) is 6.34. The van der Waals surface area contributed by atoms with Crippen molar-refractivity contribution in [3.8, 4) is 0 Å². The van der Waals surface area contributed by atoms with Gasteiger partial charge in [-0.15, -0.1) is 0 Å². The maximum Gasteiger partial charge on any atom is 0.435 e. The van der Waals surface area contributed by atoms with E-state index in [9.17, 15) is 22.8 Å². The molecule has 0 aliphatic heterocycles. The second-order valence-electron chi connectivity index (χ2n) is 5.82. The van der Waals surface area contributed by atoms with Crippen LogP contribution in [0, 0.1) is 13.8 Å². The minimum atomic E-state index is -4.65. The Morgan fingerprint density at radius 1 is 1.19 bits per heavy atom. The molecular weight excluding hydrogens is 387 g/mol. The Labute approximate surface area is 155 Å². The van der Waals surface area contributed by atoms with E-state index in [-0.39, 0.29) is 38.7 Å². The zero-order valence-electron chi connectivity index (χ0n) is 13.9. The number of benzene rings is 1. The maximum absolute atomic E-state index is 13.0. The quantitative estimate of drug-likeness (QED) is 0.676. The third-order valence-corrected chi connectivity index (χ3v) is 4.29. The largest absolute Gasteiger partial charge is 0.478 e. The summed E-state index contributed by atoms with van der Waals surface area (Å²) < 4.78 is 39.9. The van der Waals surface area contributed by atoms with Crippen LogP contribution in [0.3, 0.4) is 0 Å². The highest BCUT2D eigenvalue weighted by Gasteiger charge is 2.34.